The molecular weight excluding hydrogens is 837 g/mol. The molecule has 0 radical (unpaired) electrons. The molecule has 324 valence electrons. The van der Waals surface area contributed by atoms with Gasteiger partial charge in [-0.3, -0.25) is 0 Å². The average Bonchev–Trinajstić information content (AvgIpc) is 3.82. The van der Waals surface area contributed by atoms with E-state index in [-0.39, 0.29) is 0 Å². The molecule has 0 saturated carbocycles. The minimum absolute atomic E-state index is 0.808. The fourth-order valence-electron chi connectivity index (χ4n) is 10.4. The van der Waals surface area contributed by atoms with Crippen LogP contribution < -0.4 is 9.80 Å². The molecule has 12 aromatic carbocycles. The van der Waals surface area contributed by atoms with Crippen LogP contribution in [0.25, 0.3) is 87.6 Å². The van der Waals surface area contributed by atoms with Gasteiger partial charge < -0.3 is 14.2 Å². The Labute approximate surface area is 401 Å². The number of anilines is 6. The topological polar surface area (TPSA) is 19.6 Å². The smallest absolute Gasteiger partial charge is 0.159 e. The number of hydrogen-bond donors (Lipinski definition) is 0. The summed E-state index contributed by atoms with van der Waals surface area (Å²) in [5.41, 5.74) is 14.7. The fraction of sp³-hybridized carbons (Fsp3) is 0. The van der Waals surface area contributed by atoms with Gasteiger partial charge in [-0.2, -0.15) is 0 Å². The predicted octanol–water partition coefficient (Wildman–Crippen LogP) is 19.0. The predicted molar refractivity (Wildman–Crippen MR) is 292 cm³/mol. The SMILES string of the molecule is c1ccc(-c2ccc(N(c3cc(N(c4ccc(-c5ccccc5)cc4)c4ccccc4-c4ccccc4)c4oc5ccc6ccccc6c5c4c3)c3cc4ccccc4c4ccccc34)cc2)cc1. The van der Waals surface area contributed by atoms with Crippen LogP contribution in [-0.4, -0.2) is 0 Å². The highest BCUT2D eigenvalue weighted by Gasteiger charge is 2.27. The molecular formula is C66H44N2O. The van der Waals surface area contributed by atoms with Crippen molar-refractivity contribution in [1.29, 1.82) is 0 Å². The summed E-state index contributed by atoms with van der Waals surface area (Å²) >= 11 is 0. The third kappa shape index (κ3) is 7.08. The van der Waals surface area contributed by atoms with Gasteiger partial charge in [-0.05, 0) is 109 Å². The zero-order valence-corrected chi connectivity index (χ0v) is 37.7. The molecule has 1 heterocycles. The van der Waals surface area contributed by atoms with Crippen molar-refractivity contribution in [3.63, 3.8) is 0 Å². The van der Waals surface area contributed by atoms with Gasteiger partial charge in [-0.15, -0.1) is 0 Å². The third-order valence-corrected chi connectivity index (χ3v) is 13.6. The fourth-order valence-corrected chi connectivity index (χ4v) is 10.4. The summed E-state index contributed by atoms with van der Waals surface area (Å²) in [6.45, 7) is 0. The highest BCUT2D eigenvalue weighted by atomic mass is 16.3. The number of hydrogen-bond acceptors (Lipinski definition) is 3. The standard InChI is InChI=1S/C66H44N2O/c1-4-18-45(19-5-1)47-32-37-52(38-33-47)67(62-42-51-25-11-12-26-55(51)58-29-14-15-30-59(58)62)54-43-60-65-57-28-13-10-24-50(57)36-41-64(65)69-66(60)63(44-54)68(53-39-34-48(35-40-53)46-20-6-2-7-21-46)61-31-17-16-27-56(61)49-22-8-3-9-23-49/h1-44H. The number of benzene rings is 12. The van der Waals surface area contributed by atoms with Crippen LogP contribution >= 0.6 is 0 Å². The summed E-state index contributed by atoms with van der Waals surface area (Å²) in [6.07, 6.45) is 0. The van der Waals surface area contributed by atoms with Gasteiger partial charge in [0, 0.05) is 38.8 Å². The maximum Gasteiger partial charge on any atom is 0.159 e. The highest BCUT2D eigenvalue weighted by molar-refractivity contribution is 6.22. The number of rotatable bonds is 9. The largest absolute Gasteiger partial charge is 0.454 e. The molecule has 0 aliphatic carbocycles. The lowest BCUT2D eigenvalue weighted by Gasteiger charge is -2.31. The molecule has 3 heteroatoms. The molecule has 13 rings (SSSR count). The van der Waals surface area contributed by atoms with E-state index < -0.39 is 0 Å². The van der Waals surface area contributed by atoms with Crippen LogP contribution in [0.4, 0.5) is 34.1 Å². The maximum absolute atomic E-state index is 7.23. The lowest BCUT2D eigenvalue weighted by Crippen LogP contribution is -2.14. The van der Waals surface area contributed by atoms with Crippen molar-refractivity contribution in [2.45, 2.75) is 0 Å². The lowest BCUT2D eigenvalue weighted by molar-refractivity contribution is 0.669. The molecule has 0 fully saturated rings. The minimum Gasteiger partial charge on any atom is -0.454 e. The Bertz CT molecular complexity index is 3990. The zero-order valence-electron chi connectivity index (χ0n) is 37.7. The van der Waals surface area contributed by atoms with Crippen LogP contribution in [0.15, 0.2) is 271 Å². The molecule has 0 aliphatic rings. The van der Waals surface area contributed by atoms with Crippen molar-refractivity contribution in [3.8, 4) is 33.4 Å². The summed E-state index contributed by atoms with van der Waals surface area (Å²) in [6, 6.07) is 96.2. The Balaban J connectivity index is 1.14. The van der Waals surface area contributed by atoms with E-state index in [4.69, 9.17) is 4.42 Å². The monoisotopic (exact) mass is 880 g/mol. The van der Waals surface area contributed by atoms with Crippen LogP contribution in [0.5, 0.6) is 0 Å². The second-order valence-corrected chi connectivity index (χ2v) is 17.6. The van der Waals surface area contributed by atoms with E-state index in [2.05, 4.69) is 277 Å². The number of furan rings is 1. The van der Waals surface area contributed by atoms with Crippen molar-refractivity contribution in [3.05, 3.63) is 267 Å². The number of fused-ring (bicyclic) bond motifs is 8. The Hall–Kier alpha value is -9.18. The van der Waals surface area contributed by atoms with E-state index >= 15 is 0 Å². The zero-order chi connectivity index (χ0) is 45.7. The average molecular weight is 881 g/mol. The van der Waals surface area contributed by atoms with Crippen LogP contribution in [0.1, 0.15) is 0 Å². The van der Waals surface area contributed by atoms with Gasteiger partial charge in [0.25, 0.3) is 0 Å². The molecule has 3 nitrogen and oxygen atoms in total. The molecule has 0 atom stereocenters. The number of nitrogens with zero attached hydrogens (tertiary/aromatic N) is 2. The molecule has 69 heavy (non-hydrogen) atoms. The second-order valence-electron chi connectivity index (χ2n) is 17.6. The van der Waals surface area contributed by atoms with Gasteiger partial charge in [-0.25, -0.2) is 0 Å². The van der Waals surface area contributed by atoms with Crippen LogP contribution in [0, 0.1) is 0 Å². The summed E-state index contributed by atoms with van der Waals surface area (Å²) in [7, 11) is 0. The first-order valence-electron chi connectivity index (χ1n) is 23.6. The first-order valence-corrected chi connectivity index (χ1v) is 23.6. The van der Waals surface area contributed by atoms with Crippen molar-refractivity contribution >= 4 is 88.4 Å². The lowest BCUT2D eigenvalue weighted by atomic mass is 9.97. The number of para-hydroxylation sites is 1. The van der Waals surface area contributed by atoms with Gasteiger partial charge in [0.15, 0.2) is 5.58 Å². The summed E-state index contributed by atoms with van der Waals surface area (Å²) in [4.78, 5) is 4.86. The Morgan fingerprint density at radius 2 is 0.768 bits per heavy atom. The second kappa shape index (κ2) is 16.9. The Morgan fingerprint density at radius 3 is 1.43 bits per heavy atom. The van der Waals surface area contributed by atoms with Crippen LogP contribution in [0.3, 0.4) is 0 Å². The molecule has 0 spiro atoms. The van der Waals surface area contributed by atoms with E-state index in [0.29, 0.717) is 0 Å². The van der Waals surface area contributed by atoms with Crippen molar-refractivity contribution in [2.24, 2.45) is 0 Å². The molecule has 0 aliphatic heterocycles. The first kappa shape index (κ1) is 40.1. The highest BCUT2D eigenvalue weighted by Crippen LogP contribution is 2.51. The van der Waals surface area contributed by atoms with Crippen molar-refractivity contribution in [1.82, 2.24) is 0 Å². The third-order valence-electron chi connectivity index (χ3n) is 13.6. The van der Waals surface area contributed by atoms with Crippen LogP contribution in [-0.2, 0) is 0 Å². The summed E-state index contributed by atoms with van der Waals surface area (Å²) in [5.74, 6) is 0. The van der Waals surface area contributed by atoms with E-state index in [0.717, 1.165) is 94.5 Å². The normalized spacial score (nSPS) is 11.5. The summed E-state index contributed by atoms with van der Waals surface area (Å²) in [5, 5.41) is 9.20. The van der Waals surface area contributed by atoms with Crippen LogP contribution in [0.2, 0.25) is 0 Å². The van der Waals surface area contributed by atoms with Crippen molar-refractivity contribution < 1.29 is 4.42 Å². The van der Waals surface area contributed by atoms with E-state index in [1.165, 1.54) is 27.3 Å². The molecule has 0 unspecified atom stereocenters. The maximum atomic E-state index is 7.23. The van der Waals surface area contributed by atoms with E-state index in [9.17, 15) is 0 Å². The van der Waals surface area contributed by atoms with E-state index in [1.54, 1.807) is 0 Å². The van der Waals surface area contributed by atoms with Gasteiger partial charge in [0.2, 0.25) is 0 Å². The molecule has 1 aromatic heterocycles. The Morgan fingerprint density at radius 1 is 0.261 bits per heavy atom. The van der Waals surface area contributed by atoms with Gasteiger partial charge in [0.1, 0.15) is 5.58 Å². The Kier molecular flexibility index (Phi) is 9.84. The molecule has 0 saturated heterocycles. The quantitative estimate of drug-likeness (QED) is 0.135. The molecule has 0 amide bonds. The first-order chi connectivity index (χ1) is 34.2. The molecule has 0 N–H and O–H groups in total. The molecule has 0 bridgehead atoms. The van der Waals surface area contributed by atoms with Gasteiger partial charge in [0.05, 0.1) is 17.1 Å². The van der Waals surface area contributed by atoms with Crippen molar-refractivity contribution in [2.75, 3.05) is 9.80 Å². The van der Waals surface area contributed by atoms with Gasteiger partial charge >= 0.3 is 0 Å². The summed E-state index contributed by atoms with van der Waals surface area (Å²) < 4.78 is 7.23. The van der Waals surface area contributed by atoms with E-state index in [1.807, 2.05) is 0 Å². The minimum atomic E-state index is 0.808. The molecule has 13 aromatic rings. The van der Waals surface area contributed by atoms with Gasteiger partial charge in [-0.1, -0.05) is 212 Å².